The average molecular weight is 267 g/mol. The van der Waals surface area contributed by atoms with Crippen molar-refractivity contribution in [2.24, 2.45) is 0 Å². The fraction of sp³-hybridized carbons (Fsp3) is 0.0909. The maximum absolute atomic E-state index is 12.1. The summed E-state index contributed by atoms with van der Waals surface area (Å²) in [7, 11) is -3.30. The molecule has 0 unspecified atom stereocenters. The molecule has 1 aliphatic heterocycles. The van der Waals surface area contributed by atoms with E-state index in [0.29, 0.717) is 21.7 Å². The number of rotatable bonds is 0. The van der Waals surface area contributed by atoms with Crippen LogP contribution in [0.1, 0.15) is 5.56 Å². The highest BCUT2D eigenvalue weighted by Crippen LogP contribution is 2.36. The number of halogens is 1. The first kappa shape index (κ1) is 10.7. The van der Waals surface area contributed by atoms with Gasteiger partial charge in [-0.3, -0.25) is 0 Å². The third kappa shape index (κ3) is 1.62. The topological polar surface area (TPSA) is 59.9 Å². The van der Waals surface area contributed by atoms with Gasteiger partial charge in [0.05, 0.1) is 16.3 Å². The van der Waals surface area contributed by atoms with Gasteiger partial charge in [0.2, 0.25) is 0 Å². The number of sulfone groups is 1. The lowest BCUT2D eigenvalue weighted by Crippen LogP contribution is -2.14. The molecule has 17 heavy (non-hydrogen) atoms. The third-order valence-corrected chi connectivity index (χ3v) is 4.57. The second-order valence-electron chi connectivity index (χ2n) is 3.80. The fourth-order valence-corrected chi connectivity index (χ4v) is 3.70. The Morgan fingerprint density at radius 2 is 1.94 bits per heavy atom. The molecule has 0 spiro atoms. The molecule has 86 valence electrons. The zero-order valence-corrected chi connectivity index (χ0v) is 10.2. The molecule has 0 bridgehead atoms. The van der Waals surface area contributed by atoms with E-state index in [1.54, 1.807) is 30.3 Å². The molecule has 0 saturated carbocycles. The molecular formula is C11H7ClN2O2S. The smallest absolute Gasteiger partial charge is 0.183 e. The van der Waals surface area contributed by atoms with Crippen molar-refractivity contribution >= 4 is 21.4 Å². The predicted molar refractivity (Wildman–Crippen MR) is 63.4 cm³/mol. The second-order valence-corrected chi connectivity index (χ2v) is 6.14. The van der Waals surface area contributed by atoms with Gasteiger partial charge in [-0.2, -0.15) is 0 Å². The van der Waals surface area contributed by atoms with Gasteiger partial charge in [-0.1, -0.05) is 29.8 Å². The minimum Gasteiger partial charge on any atom is -0.223 e. The zero-order valence-electron chi connectivity index (χ0n) is 8.59. The third-order valence-electron chi connectivity index (χ3n) is 2.67. The Balaban J connectivity index is 2.39. The molecule has 0 N–H and O–H groups in total. The Labute approximate surface area is 103 Å². The molecule has 0 radical (unpaired) electrons. The van der Waals surface area contributed by atoms with Gasteiger partial charge < -0.3 is 0 Å². The van der Waals surface area contributed by atoms with Crippen LogP contribution >= 0.6 is 11.6 Å². The number of hydrogen-bond acceptors (Lipinski definition) is 4. The molecule has 0 saturated heterocycles. The summed E-state index contributed by atoms with van der Waals surface area (Å²) in [6.07, 6.45) is 0. The van der Waals surface area contributed by atoms with Crippen LogP contribution in [0.3, 0.4) is 0 Å². The van der Waals surface area contributed by atoms with Crippen LogP contribution < -0.4 is 0 Å². The first-order chi connectivity index (χ1) is 8.08. The molecule has 6 heteroatoms. The van der Waals surface area contributed by atoms with Gasteiger partial charge in [-0.05, 0) is 17.7 Å². The van der Waals surface area contributed by atoms with Crippen LogP contribution in [0.2, 0.25) is 5.15 Å². The summed E-state index contributed by atoms with van der Waals surface area (Å²) in [6.45, 7) is 0. The number of hydrogen-bond donors (Lipinski definition) is 0. The van der Waals surface area contributed by atoms with Crippen molar-refractivity contribution in [3.63, 3.8) is 0 Å². The molecule has 0 atom stereocenters. The van der Waals surface area contributed by atoms with Crippen LogP contribution in [0.15, 0.2) is 35.2 Å². The van der Waals surface area contributed by atoms with Gasteiger partial charge in [0.15, 0.2) is 15.0 Å². The van der Waals surface area contributed by atoms with Gasteiger partial charge >= 0.3 is 0 Å². The fourth-order valence-electron chi connectivity index (χ4n) is 1.96. The van der Waals surface area contributed by atoms with Crippen LogP contribution in [0.25, 0.3) is 11.3 Å². The van der Waals surface area contributed by atoms with Crippen molar-refractivity contribution in [3.8, 4) is 11.3 Å². The molecule has 0 fully saturated rings. The summed E-state index contributed by atoms with van der Waals surface area (Å²) in [5.74, 6) is -0.0748. The number of benzene rings is 1. The Hall–Kier alpha value is -1.46. The van der Waals surface area contributed by atoms with Gasteiger partial charge in [-0.15, -0.1) is 10.2 Å². The van der Waals surface area contributed by atoms with Crippen LogP contribution in [0.5, 0.6) is 0 Å². The molecule has 0 amide bonds. The normalized spacial score (nSPS) is 16.1. The van der Waals surface area contributed by atoms with Crippen molar-refractivity contribution in [1.29, 1.82) is 0 Å². The van der Waals surface area contributed by atoms with Crippen LogP contribution in [-0.4, -0.2) is 18.6 Å². The minimum absolute atomic E-state index is 0.0748. The largest absolute Gasteiger partial charge is 0.223 e. The number of aromatic nitrogens is 2. The van der Waals surface area contributed by atoms with Gasteiger partial charge in [0, 0.05) is 5.56 Å². The highest BCUT2D eigenvalue weighted by Gasteiger charge is 2.28. The van der Waals surface area contributed by atoms with Gasteiger partial charge in [0.25, 0.3) is 0 Å². The molecule has 4 nitrogen and oxygen atoms in total. The Morgan fingerprint density at radius 1 is 1.18 bits per heavy atom. The summed E-state index contributed by atoms with van der Waals surface area (Å²) >= 11 is 5.73. The van der Waals surface area contributed by atoms with E-state index >= 15 is 0 Å². The molecule has 1 aromatic carbocycles. The Kier molecular flexibility index (Phi) is 2.21. The second kappa shape index (κ2) is 3.51. The maximum atomic E-state index is 12.1. The molecule has 1 aromatic heterocycles. The summed E-state index contributed by atoms with van der Waals surface area (Å²) in [6, 6.07) is 8.35. The highest BCUT2D eigenvalue weighted by atomic mass is 35.5. The molecule has 2 heterocycles. The molecule has 3 rings (SSSR count). The van der Waals surface area contributed by atoms with Crippen LogP contribution in [0.4, 0.5) is 0 Å². The predicted octanol–water partition coefficient (Wildman–Crippen LogP) is 2.08. The first-order valence-electron chi connectivity index (χ1n) is 4.92. The van der Waals surface area contributed by atoms with E-state index in [4.69, 9.17) is 11.6 Å². The zero-order chi connectivity index (χ0) is 12.0. The lowest BCUT2D eigenvalue weighted by Gasteiger charge is -2.18. The van der Waals surface area contributed by atoms with E-state index in [0.717, 1.165) is 0 Å². The molecular weight excluding hydrogens is 260 g/mol. The lowest BCUT2D eigenvalue weighted by molar-refractivity contribution is 0.594. The Morgan fingerprint density at radius 3 is 2.76 bits per heavy atom. The van der Waals surface area contributed by atoms with E-state index < -0.39 is 9.84 Å². The van der Waals surface area contributed by atoms with E-state index in [-0.39, 0.29) is 10.9 Å². The lowest BCUT2D eigenvalue weighted by atomic mass is 10.1. The van der Waals surface area contributed by atoms with Crippen molar-refractivity contribution in [1.82, 2.24) is 10.2 Å². The van der Waals surface area contributed by atoms with Crippen molar-refractivity contribution < 1.29 is 8.42 Å². The van der Waals surface area contributed by atoms with Gasteiger partial charge in [-0.25, -0.2) is 8.42 Å². The van der Waals surface area contributed by atoms with E-state index in [2.05, 4.69) is 10.2 Å². The SMILES string of the molecule is O=S1(=O)Cc2cc(Cl)nnc2-c2ccccc21. The quantitative estimate of drug-likeness (QED) is 0.733. The number of fused-ring (bicyclic) bond motifs is 3. The summed E-state index contributed by atoms with van der Waals surface area (Å²) in [4.78, 5) is 0.309. The van der Waals surface area contributed by atoms with Crippen molar-refractivity contribution in [2.45, 2.75) is 10.6 Å². The summed E-state index contributed by atoms with van der Waals surface area (Å²) in [5, 5.41) is 7.95. The molecule has 1 aliphatic rings. The molecule has 0 aliphatic carbocycles. The van der Waals surface area contributed by atoms with E-state index in [1.165, 1.54) is 0 Å². The van der Waals surface area contributed by atoms with E-state index in [1.807, 2.05) is 0 Å². The first-order valence-corrected chi connectivity index (χ1v) is 6.95. The maximum Gasteiger partial charge on any atom is 0.183 e. The summed E-state index contributed by atoms with van der Waals surface area (Å²) in [5.41, 5.74) is 1.79. The van der Waals surface area contributed by atoms with Crippen molar-refractivity contribution in [2.75, 3.05) is 0 Å². The highest BCUT2D eigenvalue weighted by molar-refractivity contribution is 7.90. The number of nitrogens with zero attached hydrogens (tertiary/aromatic N) is 2. The average Bonchev–Trinajstić information content (AvgIpc) is 2.28. The summed E-state index contributed by atoms with van der Waals surface area (Å²) < 4.78 is 24.1. The molecule has 2 aromatic rings. The Bertz CT molecular complexity index is 713. The minimum atomic E-state index is -3.30. The van der Waals surface area contributed by atoms with Crippen molar-refractivity contribution in [3.05, 3.63) is 41.0 Å². The van der Waals surface area contributed by atoms with E-state index in [9.17, 15) is 8.42 Å². The standard InChI is InChI=1S/C11H7ClN2O2S/c12-10-5-7-6-17(15,16)9-4-2-1-3-8(9)11(7)14-13-10/h1-5H,6H2. The monoisotopic (exact) mass is 266 g/mol. The van der Waals surface area contributed by atoms with Crippen LogP contribution in [-0.2, 0) is 15.6 Å². The van der Waals surface area contributed by atoms with Gasteiger partial charge in [0.1, 0.15) is 0 Å². The van der Waals surface area contributed by atoms with Crippen LogP contribution in [0, 0.1) is 0 Å².